The molecular weight excluding hydrogens is 450 g/mol. The number of aryl methyl sites for hydroxylation is 2. The van der Waals surface area contributed by atoms with Crippen LogP contribution in [-0.2, 0) is 31.3 Å². The van der Waals surface area contributed by atoms with Gasteiger partial charge in [0.15, 0.2) is 5.78 Å². The second kappa shape index (κ2) is 12.2. The molecule has 0 saturated carbocycles. The van der Waals surface area contributed by atoms with E-state index in [0.29, 0.717) is 10.6 Å². The third-order valence-electron chi connectivity index (χ3n) is 6.52. The second-order valence-electron chi connectivity index (χ2n) is 9.21. The van der Waals surface area contributed by atoms with Crippen LogP contribution in [-0.4, -0.2) is 26.5 Å². The number of Topliss-reactive ketones (excluding diaryl/α,β-unsaturated/α-hetero) is 1. The normalized spacial score (nSPS) is 12.2. The molecule has 1 atom stereocenters. The maximum Gasteiger partial charge on any atom is 0.303 e. The lowest BCUT2D eigenvalue weighted by atomic mass is 9.94. The lowest BCUT2D eigenvalue weighted by molar-refractivity contribution is -0.137. The molecule has 1 aromatic heterocycles. The first kappa shape index (κ1) is 26.0. The number of aliphatic carboxylic acids is 1. The summed E-state index contributed by atoms with van der Waals surface area (Å²) in [4.78, 5) is 24.3. The summed E-state index contributed by atoms with van der Waals surface area (Å²) in [5.41, 5.74) is 4.86. The van der Waals surface area contributed by atoms with Crippen molar-refractivity contribution in [3.63, 3.8) is 0 Å². The van der Waals surface area contributed by atoms with Crippen molar-refractivity contribution < 1.29 is 19.8 Å². The highest BCUT2D eigenvalue weighted by Crippen LogP contribution is 2.31. The zero-order valence-corrected chi connectivity index (χ0v) is 20.8. The van der Waals surface area contributed by atoms with Gasteiger partial charge in [0.1, 0.15) is 0 Å². The number of hydrogen-bond acceptors (Lipinski definition) is 3. The minimum absolute atomic E-state index is 0.0165. The van der Waals surface area contributed by atoms with Crippen molar-refractivity contribution in [2.75, 3.05) is 0 Å². The molecule has 0 saturated heterocycles. The number of carbonyl (C=O) groups excluding carboxylic acids is 1. The number of aliphatic hydroxyl groups excluding tert-OH is 1. The fraction of sp³-hybridized carbons (Fsp3) is 0.429. The van der Waals surface area contributed by atoms with E-state index < -0.39 is 5.97 Å². The van der Waals surface area contributed by atoms with Gasteiger partial charge < -0.3 is 14.8 Å². The van der Waals surface area contributed by atoms with Gasteiger partial charge in [0.05, 0.1) is 6.61 Å². The van der Waals surface area contributed by atoms with E-state index in [1.54, 1.807) is 6.92 Å². The highest BCUT2D eigenvalue weighted by atomic mass is 35.5. The molecule has 0 spiro atoms. The first-order chi connectivity index (χ1) is 16.3. The molecule has 0 unspecified atom stereocenters. The molecule has 3 rings (SSSR count). The van der Waals surface area contributed by atoms with Crippen LogP contribution >= 0.6 is 11.6 Å². The van der Waals surface area contributed by atoms with Crippen molar-refractivity contribution >= 4 is 34.3 Å². The van der Waals surface area contributed by atoms with E-state index >= 15 is 0 Å². The number of carboxylic acid groups (broad SMARTS) is 1. The molecule has 0 aliphatic rings. The number of benzene rings is 2. The van der Waals surface area contributed by atoms with E-state index in [2.05, 4.69) is 10.6 Å². The second-order valence-corrected chi connectivity index (χ2v) is 9.65. The predicted molar refractivity (Wildman–Crippen MR) is 137 cm³/mol. The SMILES string of the molecule is C[C@@H](CC(=O)O)CC(=O)c1c(CCCCCCc2ccccc2CO)n(C)c2ccc(Cl)cc12. The molecule has 0 fully saturated rings. The Balaban J connectivity index is 1.67. The van der Waals surface area contributed by atoms with Gasteiger partial charge in [-0.1, -0.05) is 55.6 Å². The van der Waals surface area contributed by atoms with Crippen LogP contribution in [0.4, 0.5) is 0 Å². The van der Waals surface area contributed by atoms with E-state index in [1.807, 2.05) is 43.4 Å². The highest BCUT2D eigenvalue weighted by Gasteiger charge is 2.23. The van der Waals surface area contributed by atoms with Gasteiger partial charge in [0.25, 0.3) is 0 Å². The number of carboxylic acids is 1. The van der Waals surface area contributed by atoms with Gasteiger partial charge in [-0.2, -0.15) is 0 Å². The molecular formula is C28H34ClNO4. The Labute approximate surface area is 206 Å². The maximum atomic E-state index is 13.3. The van der Waals surface area contributed by atoms with Gasteiger partial charge in [-0.3, -0.25) is 9.59 Å². The molecule has 0 aliphatic heterocycles. The summed E-state index contributed by atoms with van der Waals surface area (Å²) in [6.45, 7) is 1.88. The average Bonchev–Trinajstić information content (AvgIpc) is 3.06. The molecule has 2 aromatic carbocycles. The Bertz CT molecular complexity index is 1150. The smallest absolute Gasteiger partial charge is 0.303 e. The maximum absolute atomic E-state index is 13.3. The van der Waals surface area contributed by atoms with Crippen LogP contribution in [0.2, 0.25) is 5.02 Å². The topological polar surface area (TPSA) is 79.5 Å². The first-order valence-corrected chi connectivity index (χ1v) is 12.4. The minimum atomic E-state index is -0.886. The molecule has 0 aliphatic carbocycles. The summed E-state index contributed by atoms with van der Waals surface area (Å²) in [5.74, 6) is -1.13. The molecule has 0 radical (unpaired) electrons. The van der Waals surface area contributed by atoms with E-state index in [9.17, 15) is 14.7 Å². The Morgan fingerprint density at radius 1 is 0.971 bits per heavy atom. The van der Waals surface area contributed by atoms with Crippen LogP contribution in [0, 0.1) is 5.92 Å². The fourth-order valence-electron chi connectivity index (χ4n) is 4.78. The largest absolute Gasteiger partial charge is 0.481 e. The summed E-state index contributed by atoms with van der Waals surface area (Å²) in [5, 5.41) is 20.0. The van der Waals surface area contributed by atoms with Crippen molar-refractivity contribution in [1.82, 2.24) is 4.57 Å². The van der Waals surface area contributed by atoms with Crippen LogP contribution in [0.1, 0.15) is 72.6 Å². The number of aromatic nitrogens is 1. The van der Waals surface area contributed by atoms with Gasteiger partial charge >= 0.3 is 5.97 Å². The number of halogens is 1. The molecule has 182 valence electrons. The Kier molecular flexibility index (Phi) is 9.31. The van der Waals surface area contributed by atoms with Gasteiger partial charge in [0.2, 0.25) is 0 Å². The summed E-state index contributed by atoms with van der Waals surface area (Å²) >= 11 is 6.25. The summed E-state index contributed by atoms with van der Waals surface area (Å²) in [7, 11) is 1.98. The number of carbonyl (C=O) groups is 2. The zero-order chi connectivity index (χ0) is 24.7. The molecule has 34 heavy (non-hydrogen) atoms. The lowest BCUT2D eigenvalue weighted by Gasteiger charge is -2.11. The van der Waals surface area contributed by atoms with Gasteiger partial charge in [-0.15, -0.1) is 0 Å². The zero-order valence-electron chi connectivity index (χ0n) is 20.0. The van der Waals surface area contributed by atoms with Crippen molar-refractivity contribution in [3.05, 3.63) is 69.9 Å². The third kappa shape index (κ3) is 6.49. The van der Waals surface area contributed by atoms with Crippen LogP contribution in [0.25, 0.3) is 10.9 Å². The summed E-state index contributed by atoms with van der Waals surface area (Å²) in [6, 6.07) is 13.6. The summed E-state index contributed by atoms with van der Waals surface area (Å²) < 4.78 is 2.08. The number of hydrogen-bond donors (Lipinski definition) is 2. The van der Waals surface area contributed by atoms with E-state index in [4.69, 9.17) is 16.7 Å². The number of unbranched alkanes of at least 4 members (excludes halogenated alkanes) is 3. The minimum Gasteiger partial charge on any atom is -0.481 e. The molecule has 0 bridgehead atoms. The van der Waals surface area contributed by atoms with Gasteiger partial charge in [-0.25, -0.2) is 0 Å². The number of rotatable bonds is 13. The number of nitrogens with zero attached hydrogens (tertiary/aromatic N) is 1. The average molecular weight is 484 g/mol. The number of fused-ring (bicyclic) bond motifs is 1. The molecule has 6 heteroatoms. The number of aliphatic hydroxyl groups is 1. The van der Waals surface area contributed by atoms with Crippen molar-refractivity contribution in [1.29, 1.82) is 0 Å². The van der Waals surface area contributed by atoms with E-state index in [-0.39, 0.29) is 31.1 Å². The van der Waals surface area contributed by atoms with Crippen LogP contribution in [0.15, 0.2) is 42.5 Å². The van der Waals surface area contributed by atoms with E-state index in [0.717, 1.165) is 60.7 Å². The Hall–Kier alpha value is -2.63. The summed E-state index contributed by atoms with van der Waals surface area (Å²) in [6.07, 6.45) is 6.06. The van der Waals surface area contributed by atoms with Crippen LogP contribution in [0.3, 0.4) is 0 Å². The van der Waals surface area contributed by atoms with Crippen molar-refractivity contribution in [2.45, 2.75) is 64.9 Å². The van der Waals surface area contributed by atoms with Gasteiger partial charge in [-0.05, 0) is 60.9 Å². The molecule has 3 aromatic rings. The highest BCUT2D eigenvalue weighted by molar-refractivity contribution is 6.31. The third-order valence-corrected chi connectivity index (χ3v) is 6.75. The standard InChI is InChI=1S/C28H34ClNO4/c1-19(16-27(33)34)15-26(32)28-23-17-22(29)13-14-24(23)30(2)25(28)12-6-4-3-5-9-20-10-7-8-11-21(20)18-31/h7-8,10-11,13-14,17,19,31H,3-6,9,12,15-16,18H2,1-2H3,(H,33,34)/t19-/m1/s1. The fourth-order valence-corrected chi connectivity index (χ4v) is 4.95. The monoisotopic (exact) mass is 483 g/mol. The van der Waals surface area contributed by atoms with Gasteiger partial charge in [0, 0.05) is 47.1 Å². The van der Waals surface area contributed by atoms with Crippen LogP contribution < -0.4 is 0 Å². The predicted octanol–water partition coefficient (Wildman–Crippen LogP) is 6.35. The van der Waals surface area contributed by atoms with E-state index in [1.165, 1.54) is 5.56 Å². The Morgan fingerprint density at radius 2 is 1.65 bits per heavy atom. The van der Waals surface area contributed by atoms with Crippen LogP contribution in [0.5, 0.6) is 0 Å². The molecule has 0 amide bonds. The van der Waals surface area contributed by atoms with Crippen molar-refractivity contribution in [3.8, 4) is 0 Å². The quantitative estimate of drug-likeness (QED) is 0.219. The Morgan fingerprint density at radius 3 is 2.32 bits per heavy atom. The molecule has 5 nitrogen and oxygen atoms in total. The number of ketones is 1. The first-order valence-electron chi connectivity index (χ1n) is 12.0. The molecule has 1 heterocycles. The lowest BCUT2D eigenvalue weighted by Crippen LogP contribution is -2.12. The van der Waals surface area contributed by atoms with Crippen molar-refractivity contribution in [2.24, 2.45) is 13.0 Å². The molecule has 2 N–H and O–H groups in total.